The van der Waals surface area contributed by atoms with Crippen molar-refractivity contribution in [2.24, 2.45) is 0 Å². The first kappa shape index (κ1) is 28.2. The SMILES string of the molecule is CCNC(=O)C(C)N(Cc1ccccc1C)C(=O)CN(c1ccc(Cl)cc1)S(=O)(=O)c1ccc(C)cc1. The molecule has 0 bridgehead atoms. The van der Waals surface area contributed by atoms with Gasteiger partial charge in [-0.2, -0.15) is 0 Å². The number of halogens is 1. The number of carbonyl (C=O) groups is 2. The number of likely N-dealkylation sites (N-methyl/N-ethyl adjacent to an activating group) is 1. The number of benzene rings is 3. The van der Waals surface area contributed by atoms with Gasteiger partial charge in [0.15, 0.2) is 0 Å². The summed E-state index contributed by atoms with van der Waals surface area (Å²) in [5.41, 5.74) is 3.03. The minimum absolute atomic E-state index is 0.0584. The van der Waals surface area contributed by atoms with E-state index in [9.17, 15) is 18.0 Å². The molecule has 0 saturated heterocycles. The molecule has 0 saturated carbocycles. The predicted octanol–water partition coefficient (Wildman–Crippen LogP) is 4.71. The molecule has 0 fully saturated rings. The van der Waals surface area contributed by atoms with E-state index in [0.717, 1.165) is 21.0 Å². The van der Waals surface area contributed by atoms with Crippen molar-refractivity contribution < 1.29 is 18.0 Å². The Morgan fingerprint density at radius 2 is 1.57 bits per heavy atom. The van der Waals surface area contributed by atoms with E-state index in [1.165, 1.54) is 17.0 Å². The van der Waals surface area contributed by atoms with Gasteiger partial charge in [0.25, 0.3) is 10.0 Å². The van der Waals surface area contributed by atoms with Gasteiger partial charge in [-0.15, -0.1) is 0 Å². The van der Waals surface area contributed by atoms with E-state index in [2.05, 4.69) is 5.32 Å². The fraction of sp³-hybridized carbons (Fsp3) is 0.286. The molecule has 1 N–H and O–H groups in total. The first-order valence-electron chi connectivity index (χ1n) is 12.0. The van der Waals surface area contributed by atoms with Gasteiger partial charge < -0.3 is 10.2 Å². The summed E-state index contributed by atoms with van der Waals surface area (Å²) in [7, 11) is -4.11. The van der Waals surface area contributed by atoms with E-state index in [1.54, 1.807) is 50.2 Å². The zero-order chi connectivity index (χ0) is 27.2. The molecule has 1 atom stereocenters. The molecular formula is C28H32ClN3O4S. The van der Waals surface area contributed by atoms with Crippen molar-refractivity contribution in [2.45, 2.75) is 45.2 Å². The van der Waals surface area contributed by atoms with E-state index >= 15 is 0 Å². The summed E-state index contributed by atoms with van der Waals surface area (Å²) in [6.07, 6.45) is 0. The molecule has 1 unspecified atom stereocenters. The Labute approximate surface area is 224 Å². The fourth-order valence-corrected chi connectivity index (χ4v) is 5.39. The number of hydrogen-bond donors (Lipinski definition) is 1. The molecule has 37 heavy (non-hydrogen) atoms. The highest BCUT2D eigenvalue weighted by atomic mass is 35.5. The van der Waals surface area contributed by atoms with Crippen LogP contribution >= 0.6 is 11.6 Å². The second kappa shape index (κ2) is 12.3. The molecule has 7 nitrogen and oxygen atoms in total. The number of anilines is 1. The molecule has 3 aromatic rings. The smallest absolute Gasteiger partial charge is 0.264 e. The number of hydrogen-bond acceptors (Lipinski definition) is 4. The topological polar surface area (TPSA) is 86.8 Å². The van der Waals surface area contributed by atoms with E-state index in [4.69, 9.17) is 11.6 Å². The maximum absolute atomic E-state index is 13.8. The summed E-state index contributed by atoms with van der Waals surface area (Å²) in [6, 6.07) is 19.5. The summed E-state index contributed by atoms with van der Waals surface area (Å²) in [6.45, 7) is 7.31. The Hall–Kier alpha value is -3.36. The van der Waals surface area contributed by atoms with Gasteiger partial charge in [-0.25, -0.2) is 8.42 Å². The normalized spacial score (nSPS) is 12.0. The lowest BCUT2D eigenvalue weighted by atomic mass is 10.1. The molecule has 0 radical (unpaired) electrons. The van der Waals surface area contributed by atoms with Crippen molar-refractivity contribution in [1.29, 1.82) is 0 Å². The highest BCUT2D eigenvalue weighted by Gasteiger charge is 2.32. The quantitative estimate of drug-likeness (QED) is 0.403. The van der Waals surface area contributed by atoms with E-state index in [0.29, 0.717) is 17.3 Å². The monoisotopic (exact) mass is 541 g/mol. The summed E-state index contributed by atoms with van der Waals surface area (Å²) in [5.74, 6) is -0.823. The molecule has 0 aliphatic heterocycles. The van der Waals surface area contributed by atoms with Gasteiger partial charge in [-0.3, -0.25) is 13.9 Å². The first-order valence-corrected chi connectivity index (χ1v) is 13.8. The van der Waals surface area contributed by atoms with Crippen molar-refractivity contribution in [3.05, 3.63) is 94.5 Å². The third-order valence-electron chi connectivity index (χ3n) is 6.12. The van der Waals surface area contributed by atoms with Crippen LogP contribution in [0.25, 0.3) is 0 Å². The second-order valence-corrected chi connectivity index (χ2v) is 11.1. The lowest BCUT2D eigenvalue weighted by molar-refractivity contribution is -0.139. The molecule has 0 aliphatic carbocycles. The lowest BCUT2D eigenvalue weighted by Gasteiger charge is -2.32. The first-order chi connectivity index (χ1) is 17.5. The van der Waals surface area contributed by atoms with E-state index in [-0.39, 0.29) is 17.3 Å². The average Bonchev–Trinajstić information content (AvgIpc) is 2.87. The molecule has 196 valence electrons. The van der Waals surface area contributed by atoms with Crippen LogP contribution in [-0.4, -0.2) is 44.3 Å². The van der Waals surface area contributed by atoms with Gasteiger partial charge in [-0.1, -0.05) is 53.6 Å². The number of nitrogens with zero attached hydrogens (tertiary/aromatic N) is 2. The van der Waals surface area contributed by atoms with Crippen LogP contribution in [0, 0.1) is 13.8 Å². The van der Waals surface area contributed by atoms with Gasteiger partial charge in [0.1, 0.15) is 12.6 Å². The number of amides is 2. The molecule has 0 spiro atoms. The fourth-order valence-electron chi connectivity index (χ4n) is 3.85. The van der Waals surface area contributed by atoms with Gasteiger partial charge in [0.2, 0.25) is 11.8 Å². The Morgan fingerprint density at radius 1 is 0.946 bits per heavy atom. The summed E-state index contributed by atoms with van der Waals surface area (Å²) in [5, 5.41) is 3.19. The van der Waals surface area contributed by atoms with Crippen LogP contribution in [0.4, 0.5) is 5.69 Å². The van der Waals surface area contributed by atoms with Crippen molar-refractivity contribution in [3.63, 3.8) is 0 Å². The van der Waals surface area contributed by atoms with E-state index in [1.807, 2.05) is 38.1 Å². The molecule has 3 aromatic carbocycles. The highest BCUT2D eigenvalue weighted by molar-refractivity contribution is 7.92. The molecular weight excluding hydrogens is 510 g/mol. The number of carbonyl (C=O) groups excluding carboxylic acids is 2. The molecule has 9 heteroatoms. The highest BCUT2D eigenvalue weighted by Crippen LogP contribution is 2.26. The van der Waals surface area contributed by atoms with Crippen LogP contribution in [0.3, 0.4) is 0 Å². The summed E-state index contributed by atoms with van der Waals surface area (Å²) < 4.78 is 28.6. The van der Waals surface area contributed by atoms with Crippen LogP contribution in [0.1, 0.15) is 30.5 Å². The zero-order valence-corrected chi connectivity index (χ0v) is 23.0. The lowest BCUT2D eigenvalue weighted by Crippen LogP contribution is -2.51. The second-order valence-electron chi connectivity index (χ2n) is 8.82. The Kier molecular flexibility index (Phi) is 9.34. The summed E-state index contributed by atoms with van der Waals surface area (Å²) >= 11 is 6.04. The van der Waals surface area contributed by atoms with Gasteiger partial charge in [-0.05, 0) is 75.2 Å². The number of rotatable bonds is 10. The third kappa shape index (κ3) is 6.90. The Morgan fingerprint density at radius 3 is 2.16 bits per heavy atom. The van der Waals surface area contributed by atoms with Crippen LogP contribution in [0.5, 0.6) is 0 Å². The third-order valence-corrected chi connectivity index (χ3v) is 8.16. The van der Waals surface area contributed by atoms with E-state index < -0.39 is 28.5 Å². The van der Waals surface area contributed by atoms with Crippen LogP contribution < -0.4 is 9.62 Å². The number of sulfonamides is 1. The molecule has 0 aromatic heterocycles. The van der Waals surface area contributed by atoms with Gasteiger partial charge in [0, 0.05) is 18.1 Å². The zero-order valence-electron chi connectivity index (χ0n) is 21.4. The average molecular weight is 542 g/mol. The van der Waals surface area contributed by atoms with Crippen molar-refractivity contribution >= 4 is 39.1 Å². The van der Waals surface area contributed by atoms with Crippen molar-refractivity contribution in [1.82, 2.24) is 10.2 Å². The van der Waals surface area contributed by atoms with Crippen molar-refractivity contribution in [3.8, 4) is 0 Å². The van der Waals surface area contributed by atoms with Crippen LogP contribution in [0.15, 0.2) is 77.7 Å². The number of aryl methyl sites for hydroxylation is 2. The van der Waals surface area contributed by atoms with Crippen LogP contribution in [-0.2, 0) is 26.2 Å². The summed E-state index contributed by atoms with van der Waals surface area (Å²) in [4.78, 5) is 28.0. The van der Waals surface area contributed by atoms with Crippen LogP contribution in [0.2, 0.25) is 5.02 Å². The minimum Gasteiger partial charge on any atom is -0.355 e. The Bertz CT molecular complexity index is 1340. The maximum atomic E-state index is 13.8. The number of nitrogens with one attached hydrogen (secondary N) is 1. The molecule has 0 aliphatic rings. The van der Waals surface area contributed by atoms with Gasteiger partial charge in [0.05, 0.1) is 10.6 Å². The van der Waals surface area contributed by atoms with Gasteiger partial charge >= 0.3 is 0 Å². The minimum atomic E-state index is -4.11. The predicted molar refractivity (Wildman–Crippen MR) is 147 cm³/mol. The Balaban J connectivity index is 2.03. The largest absolute Gasteiger partial charge is 0.355 e. The maximum Gasteiger partial charge on any atom is 0.264 e. The standard InChI is InChI=1S/C28H32ClN3O4S/c1-5-30-28(34)22(4)31(18-23-9-7-6-8-21(23)3)27(33)19-32(25-14-12-24(29)13-15-25)37(35,36)26-16-10-20(2)11-17-26/h6-17,22H,5,18-19H2,1-4H3,(H,30,34). The molecule has 3 rings (SSSR count). The van der Waals surface area contributed by atoms with Crippen molar-refractivity contribution in [2.75, 3.05) is 17.4 Å². The molecule has 0 heterocycles. The molecule has 2 amide bonds.